The topological polar surface area (TPSA) is 29.9 Å². The van der Waals surface area contributed by atoms with Crippen molar-refractivity contribution in [2.75, 3.05) is 11.5 Å². The van der Waals surface area contributed by atoms with Gasteiger partial charge in [-0.3, -0.25) is 0 Å². The Labute approximate surface area is 96.7 Å². The van der Waals surface area contributed by atoms with Gasteiger partial charge in [-0.1, -0.05) is 20.8 Å². The predicted octanol–water partition coefficient (Wildman–Crippen LogP) is 2.13. The number of aromatic nitrogens is 2. The SMILES string of the molecule is CCSCCn1cnc(CNC(C)C)c1. The van der Waals surface area contributed by atoms with Gasteiger partial charge in [0.25, 0.3) is 0 Å². The molecule has 0 aliphatic carbocycles. The Bertz CT molecular complexity index is 271. The van der Waals surface area contributed by atoms with Crippen molar-refractivity contribution in [3.8, 4) is 0 Å². The quantitative estimate of drug-likeness (QED) is 0.724. The van der Waals surface area contributed by atoms with Gasteiger partial charge in [-0.2, -0.15) is 11.8 Å². The van der Waals surface area contributed by atoms with Crippen LogP contribution in [0.5, 0.6) is 0 Å². The van der Waals surface area contributed by atoms with Crippen LogP contribution in [0.3, 0.4) is 0 Å². The van der Waals surface area contributed by atoms with Crippen molar-refractivity contribution in [2.24, 2.45) is 0 Å². The fraction of sp³-hybridized carbons (Fsp3) is 0.727. The minimum atomic E-state index is 0.519. The summed E-state index contributed by atoms with van der Waals surface area (Å²) in [5, 5.41) is 3.36. The van der Waals surface area contributed by atoms with Crippen LogP contribution in [0, 0.1) is 0 Å². The molecule has 0 aliphatic heterocycles. The van der Waals surface area contributed by atoms with Gasteiger partial charge >= 0.3 is 0 Å². The Morgan fingerprint density at radius 3 is 3.00 bits per heavy atom. The summed E-state index contributed by atoms with van der Waals surface area (Å²) in [5.74, 6) is 2.36. The van der Waals surface area contributed by atoms with Crippen LogP contribution in [0.15, 0.2) is 12.5 Å². The van der Waals surface area contributed by atoms with Gasteiger partial charge in [-0.05, 0) is 5.75 Å². The molecule has 0 aliphatic rings. The summed E-state index contributed by atoms with van der Waals surface area (Å²) in [5.41, 5.74) is 1.13. The third-order valence-electron chi connectivity index (χ3n) is 2.08. The average molecular weight is 227 g/mol. The molecule has 4 heteroatoms. The van der Waals surface area contributed by atoms with E-state index >= 15 is 0 Å². The molecule has 86 valence electrons. The van der Waals surface area contributed by atoms with Crippen LogP contribution in [-0.4, -0.2) is 27.1 Å². The van der Waals surface area contributed by atoms with Gasteiger partial charge in [-0.25, -0.2) is 4.98 Å². The number of thioether (sulfide) groups is 1. The highest BCUT2D eigenvalue weighted by atomic mass is 32.2. The fourth-order valence-electron chi connectivity index (χ4n) is 1.24. The predicted molar refractivity (Wildman–Crippen MR) is 67.2 cm³/mol. The number of imidazole rings is 1. The maximum absolute atomic E-state index is 4.36. The first kappa shape index (κ1) is 12.6. The summed E-state index contributed by atoms with van der Waals surface area (Å²) < 4.78 is 2.17. The van der Waals surface area contributed by atoms with Crippen molar-refractivity contribution >= 4 is 11.8 Å². The molecule has 0 atom stereocenters. The number of nitrogens with one attached hydrogen (secondary N) is 1. The second-order valence-corrected chi connectivity index (χ2v) is 5.23. The van der Waals surface area contributed by atoms with E-state index < -0.39 is 0 Å². The molecule has 0 aromatic carbocycles. The standard InChI is InChI=1S/C11H21N3S/c1-4-15-6-5-14-8-11(13-9-14)7-12-10(2)3/h8-10,12H,4-7H2,1-3H3. The third kappa shape index (κ3) is 5.23. The lowest BCUT2D eigenvalue weighted by atomic mass is 10.3. The zero-order valence-electron chi connectivity index (χ0n) is 9.86. The van der Waals surface area contributed by atoms with E-state index in [1.165, 1.54) is 11.5 Å². The Morgan fingerprint density at radius 2 is 2.33 bits per heavy atom. The Kier molecular flexibility index (Phi) is 5.79. The minimum Gasteiger partial charge on any atom is -0.336 e. The number of rotatable bonds is 7. The number of hydrogen-bond donors (Lipinski definition) is 1. The molecular formula is C11H21N3S. The second-order valence-electron chi connectivity index (χ2n) is 3.84. The second kappa shape index (κ2) is 6.90. The van der Waals surface area contributed by atoms with Gasteiger partial charge in [0.15, 0.2) is 0 Å². The van der Waals surface area contributed by atoms with Gasteiger partial charge in [0, 0.05) is 31.1 Å². The smallest absolute Gasteiger partial charge is 0.0950 e. The highest BCUT2D eigenvalue weighted by Crippen LogP contribution is 2.02. The lowest BCUT2D eigenvalue weighted by Crippen LogP contribution is -2.21. The van der Waals surface area contributed by atoms with E-state index in [0.29, 0.717) is 6.04 Å². The summed E-state index contributed by atoms with van der Waals surface area (Å²) in [7, 11) is 0. The molecule has 1 N–H and O–H groups in total. The average Bonchev–Trinajstić information content (AvgIpc) is 2.63. The van der Waals surface area contributed by atoms with Crippen LogP contribution in [0.4, 0.5) is 0 Å². The molecule has 0 unspecified atom stereocenters. The zero-order chi connectivity index (χ0) is 11.1. The van der Waals surface area contributed by atoms with Gasteiger partial charge < -0.3 is 9.88 Å². The summed E-state index contributed by atoms with van der Waals surface area (Å²) in [4.78, 5) is 4.36. The van der Waals surface area contributed by atoms with E-state index in [4.69, 9.17) is 0 Å². The zero-order valence-corrected chi connectivity index (χ0v) is 10.7. The van der Waals surface area contributed by atoms with Gasteiger partial charge in [0.1, 0.15) is 0 Å². The fourth-order valence-corrected chi connectivity index (χ4v) is 1.87. The first-order valence-electron chi connectivity index (χ1n) is 5.54. The normalized spacial score (nSPS) is 11.2. The molecule has 1 aromatic rings. The van der Waals surface area contributed by atoms with Crippen molar-refractivity contribution in [1.29, 1.82) is 0 Å². The monoisotopic (exact) mass is 227 g/mol. The van der Waals surface area contributed by atoms with Crippen LogP contribution in [0.25, 0.3) is 0 Å². The molecule has 0 saturated heterocycles. The Morgan fingerprint density at radius 1 is 1.53 bits per heavy atom. The lowest BCUT2D eigenvalue weighted by molar-refractivity contribution is 0.582. The van der Waals surface area contributed by atoms with Crippen LogP contribution < -0.4 is 5.32 Å². The number of aryl methyl sites for hydroxylation is 1. The molecule has 0 amide bonds. The van der Waals surface area contributed by atoms with Crippen LogP contribution >= 0.6 is 11.8 Å². The van der Waals surface area contributed by atoms with E-state index in [1.54, 1.807) is 0 Å². The van der Waals surface area contributed by atoms with Crippen molar-refractivity contribution < 1.29 is 0 Å². The molecule has 0 saturated carbocycles. The number of hydrogen-bond acceptors (Lipinski definition) is 3. The van der Waals surface area contributed by atoms with Crippen molar-refractivity contribution in [3.63, 3.8) is 0 Å². The van der Waals surface area contributed by atoms with Crippen LogP contribution in [0.2, 0.25) is 0 Å². The molecule has 1 heterocycles. The number of nitrogens with zero attached hydrogens (tertiary/aromatic N) is 2. The van der Waals surface area contributed by atoms with Crippen molar-refractivity contribution in [1.82, 2.24) is 14.9 Å². The summed E-state index contributed by atoms with van der Waals surface area (Å²) in [6.45, 7) is 8.42. The van der Waals surface area contributed by atoms with Gasteiger partial charge in [0.2, 0.25) is 0 Å². The highest BCUT2D eigenvalue weighted by Gasteiger charge is 1.99. The van der Waals surface area contributed by atoms with Gasteiger partial charge in [-0.15, -0.1) is 0 Å². The molecule has 0 radical (unpaired) electrons. The van der Waals surface area contributed by atoms with E-state index in [-0.39, 0.29) is 0 Å². The summed E-state index contributed by atoms with van der Waals surface area (Å²) in [6.07, 6.45) is 4.05. The molecular weight excluding hydrogens is 206 g/mol. The highest BCUT2D eigenvalue weighted by molar-refractivity contribution is 7.99. The van der Waals surface area contributed by atoms with E-state index in [0.717, 1.165) is 18.8 Å². The lowest BCUT2D eigenvalue weighted by Gasteiger charge is -2.04. The van der Waals surface area contributed by atoms with Gasteiger partial charge in [0.05, 0.1) is 12.0 Å². The van der Waals surface area contributed by atoms with E-state index in [2.05, 4.69) is 41.8 Å². The Hall–Kier alpha value is -0.480. The van der Waals surface area contributed by atoms with E-state index in [9.17, 15) is 0 Å². The summed E-state index contributed by atoms with van der Waals surface area (Å²) in [6, 6.07) is 0.519. The molecule has 15 heavy (non-hydrogen) atoms. The minimum absolute atomic E-state index is 0.519. The van der Waals surface area contributed by atoms with Crippen molar-refractivity contribution in [3.05, 3.63) is 18.2 Å². The summed E-state index contributed by atoms with van der Waals surface area (Å²) >= 11 is 1.97. The first-order chi connectivity index (χ1) is 7.22. The molecule has 0 fully saturated rings. The Balaban J connectivity index is 2.29. The molecule has 3 nitrogen and oxygen atoms in total. The van der Waals surface area contributed by atoms with Crippen LogP contribution in [0.1, 0.15) is 26.5 Å². The van der Waals surface area contributed by atoms with E-state index in [1.807, 2.05) is 18.1 Å². The molecule has 1 rings (SSSR count). The molecule has 0 spiro atoms. The molecule has 1 aromatic heterocycles. The maximum Gasteiger partial charge on any atom is 0.0950 e. The van der Waals surface area contributed by atoms with Crippen molar-refractivity contribution in [2.45, 2.75) is 39.9 Å². The molecule has 0 bridgehead atoms. The van der Waals surface area contributed by atoms with Crippen LogP contribution in [-0.2, 0) is 13.1 Å². The maximum atomic E-state index is 4.36. The third-order valence-corrected chi connectivity index (χ3v) is 2.96. The first-order valence-corrected chi connectivity index (χ1v) is 6.69. The largest absolute Gasteiger partial charge is 0.336 e.